The molecule has 0 bridgehead atoms. The number of amides is 2. The topological polar surface area (TPSA) is 70.6 Å². The summed E-state index contributed by atoms with van der Waals surface area (Å²) < 4.78 is 0.803. The van der Waals surface area contributed by atoms with Gasteiger partial charge in [0.1, 0.15) is 0 Å². The molecule has 2 N–H and O–H groups in total. The second kappa shape index (κ2) is 8.78. The van der Waals surface area contributed by atoms with Crippen LogP contribution in [0.15, 0.2) is 52.0 Å². The Kier molecular flexibility index (Phi) is 6.73. The van der Waals surface area contributed by atoms with Gasteiger partial charge in [-0.3, -0.25) is 9.59 Å². The third-order valence-corrected chi connectivity index (χ3v) is 4.30. The first-order valence-electron chi connectivity index (χ1n) is 7.51. The molecule has 2 aromatic rings. The molecule has 0 aliphatic heterocycles. The maximum atomic E-state index is 12.1. The Labute approximate surface area is 159 Å². The highest BCUT2D eigenvalue weighted by molar-refractivity contribution is 9.10. The van der Waals surface area contributed by atoms with Crippen LogP contribution in [0, 0.1) is 6.92 Å². The Morgan fingerprint density at radius 3 is 2.64 bits per heavy atom. The Balaban J connectivity index is 1.93. The molecule has 0 fully saturated rings. The van der Waals surface area contributed by atoms with Crippen molar-refractivity contribution in [2.45, 2.75) is 20.3 Å². The zero-order chi connectivity index (χ0) is 18.4. The van der Waals surface area contributed by atoms with E-state index < -0.39 is 0 Å². The minimum atomic E-state index is -0.341. The molecule has 0 spiro atoms. The number of rotatable bonds is 5. The molecule has 2 rings (SSSR count). The predicted octanol–water partition coefficient (Wildman–Crippen LogP) is 4.55. The number of nitrogens with one attached hydrogen (secondary N) is 2. The average Bonchev–Trinajstić information content (AvgIpc) is 2.56. The molecule has 0 aliphatic carbocycles. The van der Waals surface area contributed by atoms with Crippen LogP contribution in [0.3, 0.4) is 0 Å². The number of benzene rings is 2. The molecule has 2 aromatic carbocycles. The summed E-state index contributed by atoms with van der Waals surface area (Å²) in [6.07, 6.45) is 0.0602. The van der Waals surface area contributed by atoms with Gasteiger partial charge in [-0.25, -0.2) is 5.43 Å². The fourth-order valence-corrected chi connectivity index (χ4v) is 2.62. The van der Waals surface area contributed by atoms with E-state index in [1.807, 2.05) is 13.0 Å². The van der Waals surface area contributed by atoms with Crippen LogP contribution in [0.5, 0.6) is 0 Å². The number of carbonyl (C=O) groups excluding carboxylic acids is 2. The SMILES string of the molecule is C/C(CC(=O)Nc1cccc(Cl)c1C)=N\NC(=O)c1cccc(Br)c1. The maximum absolute atomic E-state index is 12.1. The normalized spacial score (nSPS) is 11.1. The first-order chi connectivity index (χ1) is 11.9. The number of carbonyl (C=O) groups is 2. The Bertz CT molecular complexity index is 837. The van der Waals surface area contributed by atoms with E-state index in [1.54, 1.807) is 43.3 Å². The highest BCUT2D eigenvalue weighted by Crippen LogP contribution is 2.23. The Morgan fingerprint density at radius 1 is 1.20 bits per heavy atom. The zero-order valence-electron chi connectivity index (χ0n) is 13.8. The van der Waals surface area contributed by atoms with Gasteiger partial charge in [0, 0.05) is 26.5 Å². The molecule has 5 nitrogen and oxygen atoms in total. The van der Waals surface area contributed by atoms with Crippen LogP contribution >= 0.6 is 27.5 Å². The second-order valence-corrected chi connectivity index (χ2v) is 6.76. The molecule has 0 unspecified atom stereocenters. The van der Waals surface area contributed by atoms with Crippen molar-refractivity contribution in [3.63, 3.8) is 0 Å². The first-order valence-corrected chi connectivity index (χ1v) is 8.68. The lowest BCUT2D eigenvalue weighted by molar-refractivity contribution is -0.115. The number of halogens is 2. The van der Waals surface area contributed by atoms with Crippen LogP contribution in [0.25, 0.3) is 0 Å². The lowest BCUT2D eigenvalue weighted by Crippen LogP contribution is -2.21. The van der Waals surface area contributed by atoms with Gasteiger partial charge in [0.15, 0.2) is 0 Å². The van der Waals surface area contributed by atoms with E-state index in [-0.39, 0.29) is 18.2 Å². The standard InChI is InChI=1S/C18H17BrClN3O2/c1-11(22-23-18(25)13-5-3-6-14(19)10-13)9-17(24)21-16-8-4-7-15(20)12(16)2/h3-8,10H,9H2,1-2H3,(H,21,24)(H,23,25)/b22-11+. The van der Waals surface area contributed by atoms with E-state index in [2.05, 4.69) is 31.8 Å². The number of hydrazone groups is 1. The van der Waals surface area contributed by atoms with E-state index in [0.717, 1.165) is 10.0 Å². The van der Waals surface area contributed by atoms with Gasteiger partial charge in [-0.05, 0) is 49.7 Å². The van der Waals surface area contributed by atoms with Crippen molar-refractivity contribution in [2.75, 3.05) is 5.32 Å². The first kappa shape index (κ1) is 19.1. The molecular formula is C18H17BrClN3O2. The maximum Gasteiger partial charge on any atom is 0.271 e. The molecule has 0 atom stereocenters. The van der Waals surface area contributed by atoms with Gasteiger partial charge in [-0.1, -0.05) is 39.7 Å². The largest absolute Gasteiger partial charge is 0.325 e. The quantitative estimate of drug-likeness (QED) is 0.548. The summed E-state index contributed by atoms with van der Waals surface area (Å²) in [4.78, 5) is 24.1. The van der Waals surface area contributed by atoms with Gasteiger partial charge in [-0.2, -0.15) is 5.10 Å². The number of nitrogens with zero attached hydrogens (tertiary/aromatic N) is 1. The minimum Gasteiger partial charge on any atom is -0.325 e. The molecule has 0 saturated heterocycles. The highest BCUT2D eigenvalue weighted by Gasteiger charge is 2.09. The number of hydrogen-bond acceptors (Lipinski definition) is 3. The van der Waals surface area contributed by atoms with E-state index in [1.165, 1.54) is 0 Å². The molecule has 0 saturated carbocycles. The molecule has 0 radical (unpaired) electrons. The fourth-order valence-electron chi connectivity index (χ4n) is 2.05. The Morgan fingerprint density at radius 2 is 1.92 bits per heavy atom. The van der Waals surface area contributed by atoms with E-state index in [0.29, 0.717) is 22.0 Å². The van der Waals surface area contributed by atoms with E-state index in [4.69, 9.17) is 11.6 Å². The van der Waals surface area contributed by atoms with Crippen LogP contribution in [-0.2, 0) is 4.79 Å². The molecule has 7 heteroatoms. The van der Waals surface area contributed by atoms with Crippen LogP contribution in [0.1, 0.15) is 29.3 Å². The lowest BCUT2D eigenvalue weighted by Gasteiger charge is -2.09. The summed E-state index contributed by atoms with van der Waals surface area (Å²) in [5, 5.41) is 7.34. The summed E-state index contributed by atoms with van der Waals surface area (Å²) >= 11 is 9.34. The van der Waals surface area contributed by atoms with Gasteiger partial charge in [-0.15, -0.1) is 0 Å². The summed E-state index contributed by atoms with van der Waals surface area (Å²) in [6.45, 7) is 3.50. The van der Waals surface area contributed by atoms with Crippen LogP contribution < -0.4 is 10.7 Å². The highest BCUT2D eigenvalue weighted by atomic mass is 79.9. The summed E-state index contributed by atoms with van der Waals surface area (Å²) in [5.74, 6) is -0.574. The zero-order valence-corrected chi connectivity index (χ0v) is 16.1. The van der Waals surface area contributed by atoms with Crippen molar-refractivity contribution in [2.24, 2.45) is 5.10 Å². The van der Waals surface area contributed by atoms with E-state index in [9.17, 15) is 9.59 Å². The van der Waals surface area contributed by atoms with Crippen molar-refractivity contribution in [1.82, 2.24) is 5.43 Å². The summed E-state index contributed by atoms with van der Waals surface area (Å²) in [6, 6.07) is 12.3. The van der Waals surface area contributed by atoms with Crippen molar-refractivity contribution in [3.05, 3.63) is 63.1 Å². The molecule has 25 heavy (non-hydrogen) atoms. The van der Waals surface area contributed by atoms with Gasteiger partial charge in [0.2, 0.25) is 5.91 Å². The predicted molar refractivity (Wildman–Crippen MR) is 104 cm³/mol. The monoisotopic (exact) mass is 421 g/mol. The van der Waals surface area contributed by atoms with Gasteiger partial charge < -0.3 is 5.32 Å². The number of anilines is 1. The van der Waals surface area contributed by atoms with Gasteiger partial charge in [0.05, 0.1) is 6.42 Å². The van der Waals surface area contributed by atoms with Crippen LogP contribution in [0.4, 0.5) is 5.69 Å². The van der Waals surface area contributed by atoms with Crippen molar-refractivity contribution in [3.8, 4) is 0 Å². The van der Waals surface area contributed by atoms with Gasteiger partial charge >= 0.3 is 0 Å². The minimum absolute atomic E-state index is 0.0602. The molecule has 0 aliphatic rings. The molecule has 0 aromatic heterocycles. The second-order valence-electron chi connectivity index (χ2n) is 5.44. The third-order valence-electron chi connectivity index (χ3n) is 3.39. The average molecular weight is 423 g/mol. The number of hydrogen-bond donors (Lipinski definition) is 2. The molecule has 2 amide bonds. The molecule has 130 valence electrons. The summed E-state index contributed by atoms with van der Waals surface area (Å²) in [5.41, 5.74) is 4.86. The van der Waals surface area contributed by atoms with Crippen LogP contribution in [0.2, 0.25) is 5.02 Å². The summed E-state index contributed by atoms with van der Waals surface area (Å²) in [7, 11) is 0. The van der Waals surface area contributed by atoms with Crippen LogP contribution in [-0.4, -0.2) is 17.5 Å². The van der Waals surface area contributed by atoms with Crippen molar-refractivity contribution >= 4 is 50.7 Å². The van der Waals surface area contributed by atoms with Gasteiger partial charge in [0.25, 0.3) is 5.91 Å². The molecular weight excluding hydrogens is 406 g/mol. The third kappa shape index (κ3) is 5.69. The Hall–Kier alpha value is -2.18. The smallest absolute Gasteiger partial charge is 0.271 e. The van der Waals surface area contributed by atoms with Crippen molar-refractivity contribution in [1.29, 1.82) is 0 Å². The molecule has 0 heterocycles. The van der Waals surface area contributed by atoms with E-state index >= 15 is 0 Å². The fraction of sp³-hybridized carbons (Fsp3) is 0.167. The van der Waals surface area contributed by atoms with Crippen molar-refractivity contribution < 1.29 is 9.59 Å². The lowest BCUT2D eigenvalue weighted by atomic mass is 10.2.